The SMILES string of the molecule is CCOC(=O)C1=C(C)NC(c2ccc(OC)cc2)C(=S)N1. The van der Waals surface area contributed by atoms with Gasteiger partial charge in [-0.15, -0.1) is 0 Å². The second kappa shape index (κ2) is 6.58. The summed E-state index contributed by atoms with van der Waals surface area (Å²) >= 11 is 5.36. The number of benzene rings is 1. The van der Waals surface area contributed by atoms with Gasteiger partial charge in [0.15, 0.2) is 0 Å². The highest BCUT2D eigenvalue weighted by molar-refractivity contribution is 7.80. The van der Waals surface area contributed by atoms with Crippen LogP contribution in [0.1, 0.15) is 25.5 Å². The van der Waals surface area contributed by atoms with Crippen molar-refractivity contribution in [3.63, 3.8) is 0 Å². The van der Waals surface area contributed by atoms with Gasteiger partial charge in [-0.25, -0.2) is 4.79 Å². The van der Waals surface area contributed by atoms with Crippen molar-refractivity contribution in [2.24, 2.45) is 0 Å². The standard InChI is InChI=1S/C15H18N2O3S/c1-4-20-15(18)12-9(2)16-13(14(21)17-12)10-5-7-11(19-3)8-6-10/h5-8,13,16H,4H2,1-3H3,(H,17,21). The fraction of sp³-hybridized carbons (Fsp3) is 0.333. The number of ether oxygens (including phenoxy) is 2. The summed E-state index contributed by atoms with van der Waals surface area (Å²) in [6.07, 6.45) is 0. The molecule has 112 valence electrons. The smallest absolute Gasteiger partial charge is 0.356 e. The third-order valence-corrected chi connectivity index (χ3v) is 3.51. The fourth-order valence-electron chi connectivity index (χ4n) is 2.08. The van der Waals surface area contributed by atoms with Gasteiger partial charge < -0.3 is 20.1 Å². The van der Waals surface area contributed by atoms with Gasteiger partial charge in [0, 0.05) is 5.70 Å². The highest BCUT2D eigenvalue weighted by Gasteiger charge is 2.27. The molecule has 0 spiro atoms. The van der Waals surface area contributed by atoms with E-state index in [1.54, 1.807) is 14.0 Å². The number of nitrogens with one attached hydrogen (secondary N) is 2. The molecule has 0 aliphatic carbocycles. The van der Waals surface area contributed by atoms with Gasteiger partial charge in [0.25, 0.3) is 0 Å². The van der Waals surface area contributed by atoms with E-state index in [1.807, 2.05) is 31.2 Å². The lowest BCUT2D eigenvalue weighted by atomic mass is 10.0. The molecule has 1 aliphatic heterocycles. The number of thiocarbonyl (C=S) groups is 1. The van der Waals surface area contributed by atoms with Crippen molar-refractivity contribution in [2.75, 3.05) is 13.7 Å². The maximum absolute atomic E-state index is 11.8. The van der Waals surface area contributed by atoms with Gasteiger partial charge in [0.1, 0.15) is 22.5 Å². The Bertz CT molecular complexity index is 581. The largest absolute Gasteiger partial charge is 0.497 e. The van der Waals surface area contributed by atoms with Crippen LogP contribution >= 0.6 is 12.2 Å². The molecule has 0 amide bonds. The lowest BCUT2D eigenvalue weighted by Crippen LogP contribution is -2.44. The number of carbonyl (C=O) groups excluding carboxylic acids is 1. The summed E-state index contributed by atoms with van der Waals surface area (Å²) in [5.41, 5.74) is 2.07. The molecule has 1 aromatic carbocycles. The summed E-state index contributed by atoms with van der Waals surface area (Å²) in [7, 11) is 1.62. The second-order valence-corrected chi connectivity index (χ2v) is 5.00. The Morgan fingerprint density at radius 1 is 1.33 bits per heavy atom. The third-order valence-electron chi connectivity index (χ3n) is 3.17. The number of hydrogen-bond donors (Lipinski definition) is 2. The summed E-state index contributed by atoms with van der Waals surface area (Å²) in [5, 5.41) is 6.21. The van der Waals surface area contributed by atoms with E-state index in [0.717, 1.165) is 11.3 Å². The number of rotatable bonds is 4. The maximum atomic E-state index is 11.8. The third kappa shape index (κ3) is 3.33. The molecule has 0 saturated carbocycles. The van der Waals surface area contributed by atoms with E-state index in [1.165, 1.54) is 0 Å². The summed E-state index contributed by atoms with van der Waals surface area (Å²) in [6.45, 7) is 3.91. The van der Waals surface area contributed by atoms with E-state index < -0.39 is 5.97 Å². The average Bonchev–Trinajstić information content (AvgIpc) is 2.49. The van der Waals surface area contributed by atoms with Crippen LogP contribution in [-0.4, -0.2) is 24.7 Å². The zero-order valence-corrected chi connectivity index (χ0v) is 13.0. The molecule has 0 fully saturated rings. The van der Waals surface area contributed by atoms with Crippen molar-refractivity contribution in [3.8, 4) is 5.75 Å². The van der Waals surface area contributed by atoms with Crippen LogP contribution in [0.15, 0.2) is 35.7 Å². The first-order chi connectivity index (χ1) is 10.1. The van der Waals surface area contributed by atoms with Crippen LogP contribution in [0.2, 0.25) is 0 Å². The van der Waals surface area contributed by atoms with Gasteiger partial charge in [-0.1, -0.05) is 24.4 Å². The molecule has 2 N–H and O–H groups in total. The molecule has 0 saturated heterocycles. The first-order valence-corrected chi connectivity index (χ1v) is 7.07. The van der Waals surface area contributed by atoms with Crippen LogP contribution in [0.5, 0.6) is 5.75 Å². The minimum absolute atomic E-state index is 0.177. The lowest BCUT2D eigenvalue weighted by Gasteiger charge is -2.29. The van der Waals surface area contributed by atoms with Crippen LogP contribution in [0.4, 0.5) is 0 Å². The summed E-state index contributed by atoms with van der Waals surface area (Å²) in [4.78, 5) is 12.4. The molecule has 1 atom stereocenters. The van der Waals surface area contributed by atoms with Crippen molar-refractivity contribution in [2.45, 2.75) is 19.9 Å². The number of methoxy groups -OCH3 is 1. The number of carbonyl (C=O) groups is 1. The molecule has 21 heavy (non-hydrogen) atoms. The topological polar surface area (TPSA) is 59.6 Å². The maximum Gasteiger partial charge on any atom is 0.356 e. The van der Waals surface area contributed by atoms with Crippen molar-refractivity contribution >= 4 is 23.2 Å². The average molecular weight is 306 g/mol. The monoisotopic (exact) mass is 306 g/mol. The quantitative estimate of drug-likeness (QED) is 0.656. The molecular weight excluding hydrogens is 288 g/mol. The second-order valence-electron chi connectivity index (χ2n) is 4.56. The first kappa shape index (κ1) is 15.3. The van der Waals surface area contributed by atoms with Gasteiger partial charge in [0.2, 0.25) is 0 Å². The zero-order valence-electron chi connectivity index (χ0n) is 12.2. The fourth-order valence-corrected chi connectivity index (χ4v) is 2.38. The van der Waals surface area contributed by atoms with Crippen LogP contribution in [0.25, 0.3) is 0 Å². The Balaban J connectivity index is 2.21. The van der Waals surface area contributed by atoms with Crippen molar-refractivity contribution in [1.82, 2.24) is 10.6 Å². The lowest BCUT2D eigenvalue weighted by molar-refractivity contribution is -0.138. The van der Waals surface area contributed by atoms with Crippen molar-refractivity contribution < 1.29 is 14.3 Å². The Kier molecular flexibility index (Phi) is 4.80. The predicted molar refractivity (Wildman–Crippen MR) is 83.9 cm³/mol. The first-order valence-electron chi connectivity index (χ1n) is 6.66. The molecular formula is C15H18N2O3S. The van der Waals surface area contributed by atoms with Crippen molar-refractivity contribution in [1.29, 1.82) is 0 Å². The Morgan fingerprint density at radius 3 is 2.57 bits per heavy atom. The highest BCUT2D eigenvalue weighted by atomic mass is 32.1. The molecule has 1 heterocycles. The number of hydrogen-bond acceptors (Lipinski definition) is 5. The molecule has 1 aromatic rings. The van der Waals surface area contributed by atoms with E-state index in [-0.39, 0.29) is 6.04 Å². The highest BCUT2D eigenvalue weighted by Crippen LogP contribution is 2.23. The van der Waals surface area contributed by atoms with E-state index in [2.05, 4.69) is 10.6 Å². The molecule has 1 aliphatic rings. The molecule has 6 heteroatoms. The van der Waals surface area contributed by atoms with Gasteiger partial charge in [-0.2, -0.15) is 0 Å². The van der Waals surface area contributed by atoms with E-state index in [0.29, 0.717) is 23.0 Å². The minimum atomic E-state index is -0.405. The van der Waals surface area contributed by atoms with Gasteiger partial charge >= 0.3 is 5.97 Å². The van der Waals surface area contributed by atoms with E-state index >= 15 is 0 Å². The molecule has 5 nitrogen and oxygen atoms in total. The van der Waals surface area contributed by atoms with E-state index in [9.17, 15) is 4.79 Å². The van der Waals surface area contributed by atoms with Gasteiger partial charge in [-0.3, -0.25) is 0 Å². The molecule has 0 radical (unpaired) electrons. The predicted octanol–water partition coefficient (Wildman–Crippen LogP) is 2.05. The zero-order chi connectivity index (χ0) is 15.4. The molecule has 2 rings (SSSR count). The molecule has 0 bridgehead atoms. The summed E-state index contributed by atoms with van der Waals surface area (Å²) in [5.74, 6) is 0.381. The summed E-state index contributed by atoms with van der Waals surface area (Å²) in [6, 6.07) is 7.45. The van der Waals surface area contributed by atoms with Crippen LogP contribution < -0.4 is 15.4 Å². The van der Waals surface area contributed by atoms with E-state index in [4.69, 9.17) is 21.7 Å². The van der Waals surface area contributed by atoms with Crippen LogP contribution in [-0.2, 0) is 9.53 Å². The van der Waals surface area contributed by atoms with Gasteiger partial charge in [-0.05, 0) is 31.5 Å². The summed E-state index contributed by atoms with van der Waals surface area (Å²) < 4.78 is 10.1. The number of allylic oxidation sites excluding steroid dienone is 1. The normalized spacial score (nSPS) is 17.9. The van der Waals surface area contributed by atoms with Crippen LogP contribution in [0.3, 0.4) is 0 Å². The van der Waals surface area contributed by atoms with Crippen molar-refractivity contribution in [3.05, 3.63) is 41.2 Å². The Labute approximate surface area is 129 Å². The van der Waals surface area contributed by atoms with Crippen LogP contribution in [0, 0.1) is 0 Å². The number of esters is 1. The Hall–Kier alpha value is -2.08. The van der Waals surface area contributed by atoms with Gasteiger partial charge in [0.05, 0.1) is 13.7 Å². The molecule has 0 aromatic heterocycles. The minimum Gasteiger partial charge on any atom is -0.497 e. The molecule has 1 unspecified atom stereocenters. The Morgan fingerprint density at radius 2 is 2.00 bits per heavy atom.